The highest BCUT2D eigenvalue weighted by Gasteiger charge is 2.19. The molecule has 1 atom stereocenters. The SMILES string of the molecule is CCCC/C=C\C/C=C\CCCCCCCC(=O)OC(COC(=O)CCCCCCCCC)COC(=O)CCCCCCCCCCCCCCCCCCCCCCCCCCCCCC. The number of rotatable bonds is 55. The van der Waals surface area contributed by atoms with E-state index < -0.39 is 6.10 Å². The average Bonchev–Trinajstić information content (AvgIpc) is 3.33. The molecule has 0 aromatic carbocycles. The summed E-state index contributed by atoms with van der Waals surface area (Å²) >= 11 is 0. The third-order valence-electron chi connectivity index (χ3n) is 13.5. The first-order valence-corrected chi connectivity index (χ1v) is 29.8. The van der Waals surface area contributed by atoms with E-state index in [4.69, 9.17) is 14.2 Å². The quantitative estimate of drug-likeness (QED) is 0.0262. The second-order valence-corrected chi connectivity index (χ2v) is 20.3. The standard InChI is InChI=1S/C61H114O6/c1-4-7-10-13-16-18-20-22-24-25-26-27-28-29-30-31-32-33-34-35-36-37-39-40-42-45-48-51-54-60(63)66-57-58(56-65-59(62)53-50-47-44-15-12-9-6-3)67-61(64)55-52-49-46-43-41-38-23-21-19-17-14-11-8-5-2/h14,17,21,23,58H,4-13,15-16,18-20,22,24-57H2,1-3H3/b17-14-,23-21-. The summed E-state index contributed by atoms with van der Waals surface area (Å²) < 4.78 is 16.8. The molecule has 0 aliphatic rings. The van der Waals surface area contributed by atoms with Crippen molar-refractivity contribution in [3.63, 3.8) is 0 Å². The van der Waals surface area contributed by atoms with Gasteiger partial charge in [-0.25, -0.2) is 0 Å². The fraction of sp³-hybridized carbons (Fsp3) is 0.885. The lowest BCUT2D eigenvalue weighted by molar-refractivity contribution is -0.167. The van der Waals surface area contributed by atoms with Crippen LogP contribution >= 0.6 is 0 Å². The van der Waals surface area contributed by atoms with Crippen LogP contribution in [0.25, 0.3) is 0 Å². The van der Waals surface area contributed by atoms with Crippen LogP contribution in [0.15, 0.2) is 24.3 Å². The molecule has 1 unspecified atom stereocenters. The van der Waals surface area contributed by atoms with Crippen LogP contribution in [0.3, 0.4) is 0 Å². The minimum Gasteiger partial charge on any atom is -0.462 e. The largest absolute Gasteiger partial charge is 0.462 e. The van der Waals surface area contributed by atoms with Crippen LogP contribution < -0.4 is 0 Å². The molecule has 0 N–H and O–H groups in total. The molecule has 6 heteroatoms. The van der Waals surface area contributed by atoms with E-state index in [9.17, 15) is 14.4 Å². The third-order valence-corrected chi connectivity index (χ3v) is 13.5. The fourth-order valence-electron chi connectivity index (χ4n) is 8.93. The van der Waals surface area contributed by atoms with Crippen molar-refractivity contribution in [2.45, 2.75) is 335 Å². The Morgan fingerprint density at radius 3 is 0.866 bits per heavy atom. The number of esters is 3. The van der Waals surface area contributed by atoms with Gasteiger partial charge in [-0.15, -0.1) is 0 Å². The highest BCUT2D eigenvalue weighted by atomic mass is 16.6. The Balaban J connectivity index is 4.01. The molecule has 394 valence electrons. The van der Waals surface area contributed by atoms with E-state index in [1.807, 2.05) is 0 Å². The van der Waals surface area contributed by atoms with Crippen LogP contribution in [-0.2, 0) is 28.6 Å². The molecule has 0 aromatic rings. The Morgan fingerprint density at radius 1 is 0.299 bits per heavy atom. The van der Waals surface area contributed by atoms with E-state index in [1.165, 1.54) is 205 Å². The lowest BCUT2D eigenvalue weighted by atomic mass is 10.0. The van der Waals surface area contributed by atoms with E-state index >= 15 is 0 Å². The minimum atomic E-state index is -0.772. The Labute approximate surface area is 417 Å². The second-order valence-electron chi connectivity index (χ2n) is 20.3. The van der Waals surface area contributed by atoms with Gasteiger partial charge < -0.3 is 14.2 Å². The molecule has 67 heavy (non-hydrogen) atoms. The first-order valence-electron chi connectivity index (χ1n) is 29.8. The van der Waals surface area contributed by atoms with Crippen molar-refractivity contribution >= 4 is 17.9 Å². The summed E-state index contributed by atoms with van der Waals surface area (Å²) in [6.07, 6.45) is 66.5. The molecule has 0 radical (unpaired) electrons. The Bertz CT molecular complexity index is 1080. The molecule has 0 saturated heterocycles. The zero-order valence-corrected chi connectivity index (χ0v) is 45.2. The Morgan fingerprint density at radius 2 is 0.552 bits per heavy atom. The summed E-state index contributed by atoms with van der Waals surface area (Å²) in [5.41, 5.74) is 0. The van der Waals surface area contributed by atoms with Crippen LogP contribution in [0, 0.1) is 0 Å². The number of hydrogen-bond acceptors (Lipinski definition) is 6. The molecular formula is C61H114O6. The molecule has 0 amide bonds. The molecule has 0 spiro atoms. The highest BCUT2D eigenvalue weighted by molar-refractivity contribution is 5.71. The van der Waals surface area contributed by atoms with Crippen LogP contribution in [-0.4, -0.2) is 37.2 Å². The summed E-state index contributed by atoms with van der Waals surface area (Å²) in [5.74, 6) is -0.876. The molecule has 0 heterocycles. The van der Waals surface area contributed by atoms with E-state index in [2.05, 4.69) is 45.1 Å². The maximum absolute atomic E-state index is 12.8. The van der Waals surface area contributed by atoms with Crippen molar-refractivity contribution in [2.75, 3.05) is 13.2 Å². The number of hydrogen-bond donors (Lipinski definition) is 0. The van der Waals surface area contributed by atoms with Gasteiger partial charge in [0.15, 0.2) is 6.10 Å². The number of allylic oxidation sites excluding steroid dienone is 4. The smallest absolute Gasteiger partial charge is 0.306 e. The van der Waals surface area contributed by atoms with Crippen LogP contribution in [0.4, 0.5) is 0 Å². The molecule has 0 aliphatic heterocycles. The average molecular weight is 944 g/mol. The number of unbranched alkanes of at least 4 members (excludes halogenated alkanes) is 40. The van der Waals surface area contributed by atoms with Gasteiger partial charge in [0, 0.05) is 19.3 Å². The topological polar surface area (TPSA) is 78.9 Å². The lowest BCUT2D eigenvalue weighted by Crippen LogP contribution is -2.30. The minimum absolute atomic E-state index is 0.0726. The predicted octanol–water partition coefficient (Wildman–Crippen LogP) is 19.9. The molecule has 6 nitrogen and oxygen atoms in total. The van der Waals surface area contributed by atoms with Gasteiger partial charge in [0.2, 0.25) is 0 Å². The first kappa shape index (κ1) is 64.9. The Hall–Kier alpha value is -2.11. The molecule has 0 rings (SSSR count). The zero-order valence-electron chi connectivity index (χ0n) is 45.2. The van der Waals surface area contributed by atoms with Crippen molar-refractivity contribution in [3.8, 4) is 0 Å². The summed E-state index contributed by atoms with van der Waals surface area (Å²) in [5, 5.41) is 0. The molecule has 0 bridgehead atoms. The number of ether oxygens (including phenoxy) is 3. The maximum atomic E-state index is 12.8. The van der Waals surface area contributed by atoms with E-state index in [-0.39, 0.29) is 31.1 Å². The summed E-state index contributed by atoms with van der Waals surface area (Å²) in [7, 11) is 0. The van der Waals surface area contributed by atoms with Crippen molar-refractivity contribution in [3.05, 3.63) is 24.3 Å². The monoisotopic (exact) mass is 943 g/mol. The van der Waals surface area contributed by atoms with Crippen LogP contribution in [0.1, 0.15) is 329 Å². The second kappa shape index (κ2) is 56.5. The number of carbonyl (C=O) groups excluding carboxylic acids is 3. The fourth-order valence-corrected chi connectivity index (χ4v) is 8.93. The van der Waals surface area contributed by atoms with Gasteiger partial charge in [0.25, 0.3) is 0 Å². The van der Waals surface area contributed by atoms with Gasteiger partial charge in [-0.1, -0.05) is 289 Å². The highest BCUT2D eigenvalue weighted by Crippen LogP contribution is 2.18. The van der Waals surface area contributed by atoms with Crippen LogP contribution in [0.2, 0.25) is 0 Å². The van der Waals surface area contributed by atoms with E-state index in [0.717, 1.165) is 83.5 Å². The normalized spacial score (nSPS) is 12.1. The van der Waals surface area contributed by atoms with Crippen molar-refractivity contribution < 1.29 is 28.6 Å². The number of carbonyl (C=O) groups is 3. The van der Waals surface area contributed by atoms with Gasteiger partial charge in [-0.3, -0.25) is 14.4 Å². The zero-order chi connectivity index (χ0) is 48.6. The maximum Gasteiger partial charge on any atom is 0.306 e. The van der Waals surface area contributed by atoms with Crippen molar-refractivity contribution in [1.29, 1.82) is 0 Å². The van der Waals surface area contributed by atoms with Gasteiger partial charge in [-0.2, -0.15) is 0 Å². The molecule has 0 fully saturated rings. The summed E-state index contributed by atoms with van der Waals surface area (Å²) in [4.78, 5) is 37.9. The van der Waals surface area contributed by atoms with Crippen LogP contribution in [0.5, 0.6) is 0 Å². The first-order chi connectivity index (χ1) is 33.0. The van der Waals surface area contributed by atoms with Gasteiger partial charge in [0.05, 0.1) is 0 Å². The predicted molar refractivity (Wildman–Crippen MR) is 289 cm³/mol. The van der Waals surface area contributed by atoms with Gasteiger partial charge >= 0.3 is 17.9 Å². The lowest BCUT2D eigenvalue weighted by Gasteiger charge is -2.18. The van der Waals surface area contributed by atoms with Gasteiger partial charge in [0.1, 0.15) is 13.2 Å². The van der Waals surface area contributed by atoms with Gasteiger partial charge in [-0.05, 0) is 44.9 Å². The molecule has 0 aromatic heterocycles. The molecule has 0 aliphatic carbocycles. The molecular weight excluding hydrogens is 829 g/mol. The van der Waals surface area contributed by atoms with Crippen molar-refractivity contribution in [1.82, 2.24) is 0 Å². The third kappa shape index (κ3) is 54.7. The van der Waals surface area contributed by atoms with Crippen molar-refractivity contribution in [2.24, 2.45) is 0 Å². The van der Waals surface area contributed by atoms with E-state index in [1.54, 1.807) is 0 Å². The van der Waals surface area contributed by atoms with E-state index in [0.29, 0.717) is 19.3 Å². The summed E-state index contributed by atoms with van der Waals surface area (Å²) in [6, 6.07) is 0. The molecule has 0 saturated carbocycles. The Kier molecular flexibility index (Phi) is 54.7. The summed E-state index contributed by atoms with van der Waals surface area (Å²) in [6.45, 7) is 6.59.